The maximum atomic E-state index is 5.73. The summed E-state index contributed by atoms with van der Waals surface area (Å²) in [6, 6.07) is 5.72. The molecule has 0 unspecified atom stereocenters. The van der Waals surface area contributed by atoms with E-state index >= 15 is 0 Å². The van der Waals surface area contributed by atoms with Gasteiger partial charge >= 0.3 is 0 Å². The van der Waals surface area contributed by atoms with Crippen LogP contribution in [-0.4, -0.2) is 23.5 Å². The van der Waals surface area contributed by atoms with Crippen LogP contribution in [0.15, 0.2) is 30.6 Å². The number of hydrogen-bond donors (Lipinski definition) is 0. The minimum atomic E-state index is 0.439. The Morgan fingerprint density at radius 3 is 2.65 bits per heavy atom. The molecule has 5 heteroatoms. The average molecular weight is 276 g/mol. The summed E-state index contributed by atoms with van der Waals surface area (Å²) in [5, 5.41) is 4.17. The zero-order valence-corrected chi connectivity index (χ0v) is 12.1. The molecule has 0 spiro atoms. The summed E-state index contributed by atoms with van der Waals surface area (Å²) in [4.78, 5) is 0. The van der Waals surface area contributed by atoms with E-state index in [0.717, 1.165) is 29.4 Å². The topological polar surface area (TPSA) is 45.5 Å². The quantitative estimate of drug-likeness (QED) is 0.780. The van der Waals surface area contributed by atoms with Gasteiger partial charge in [-0.3, -0.25) is 4.68 Å². The number of nitrogens with zero attached hydrogens (tertiary/aromatic N) is 2. The highest BCUT2D eigenvalue weighted by Crippen LogP contribution is 2.26. The van der Waals surface area contributed by atoms with Gasteiger partial charge in [0.2, 0.25) is 0 Å². The van der Waals surface area contributed by atoms with Gasteiger partial charge in [0.15, 0.2) is 5.75 Å². The molecule has 0 fully saturated rings. The van der Waals surface area contributed by atoms with Gasteiger partial charge in [0, 0.05) is 18.2 Å². The van der Waals surface area contributed by atoms with Gasteiger partial charge in [-0.15, -0.1) is 0 Å². The lowest BCUT2D eigenvalue weighted by Crippen LogP contribution is -2.01. The Morgan fingerprint density at radius 1 is 1.15 bits per heavy atom. The minimum absolute atomic E-state index is 0.439. The molecule has 0 amide bonds. The number of ether oxygens (including phenoxy) is 3. The Balaban J connectivity index is 2.07. The molecule has 1 aromatic heterocycles. The van der Waals surface area contributed by atoms with E-state index in [9.17, 15) is 0 Å². The zero-order chi connectivity index (χ0) is 14.4. The van der Waals surface area contributed by atoms with E-state index in [4.69, 9.17) is 14.2 Å². The maximum Gasteiger partial charge on any atom is 0.157 e. The normalized spacial score (nSPS) is 10.3. The molecular formula is C15H20N2O3. The lowest BCUT2D eigenvalue weighted by Gasteiger charge is -2.12. The summed E-state index contributed by atoms with van der Waals surface area (Å²) in [6.45, 7) is 5.86. The molecule has 1 aromatic carbocycles. The number of aryl methyl sites for hydroxylation is 1. The van der Waals surface area contributed by atoms with Gasteiger partial charge in [0.05, 0.1) is 26.1 Å². The van der Waals surface area contributed by atoms with Gasteiger partial charge < -0.3 is 14.2 Å². The fraction of sp³-hybridized carbons (Fsp3) is 0.400. The van der Waals surface area contributed by atoms with Crippen LogP contribution in [0.4, 0.5) is 0 Å². The Hall–Kier alpha value is -2.17. The first-order valence-electron chi connectivity index (χ1n) is 6.71. The number of hydrogen-bond acceptors (Lipinski definition) is 4. The van der Waals surface area contributed by atoms with Gasteiger partial charge in [-0.25, -0.2) is 0 Å². The first-order chi connectivity index (χ1) is 9.76. The second-order valence-electron chi connectivity index (χ2n) is 4.23. The summed E-state index contributed by atoms with van der Waals surface area (Å²) in [7, 11) is 1.64. The predicted octanol–water partition coefficient (Wildman–Crippen LogP) is 2.89. The summed E-state index contributed by atoms with van der Waals surface area (Å²) >= 11 is 0. The molecule has 0 N–H and O–H groups in total. The molecule has 2 rings (SSSR count). The Kier molecular flexibility index (Phi) is 4.87. The Bertz CT molecular complexity index is 552. The molecule has 0 saturated heterocycles. The summed E-state index contributed by atoms with van der Waals surface area (Å²) in [5.41, 5.74) is 0.983. The van der Waals surface area contributed by atoms with Gasteiger partial charge in [-0.2, -0.15) is 5.10 Å². The van der Waals surface area contributed by atoms with Gasteiger partial charge in [0.1, 0.15) is 18.1 Å². The smallest absolute Gasteiger partial charge is 0.157 e. The SMILES string of the molecule is CCOc1cc(OC)ccc1COc1cnn(CC)c1. The largest absolute Gasteiger partial charge is 0.497 e. The molecule has 0 aliphatic heterocycles. The summed E-state index contributed by atoms with van der Waals surface area (Å²) in [6.07, 6.45) is 3.59. The summed E-state index contributed by atoms with van der Waals surface area (Å²) in [5.74, 6) is 2.32. The molecule has 0 atom stereocenters. The van der Waals surface area contributed by atoms with Crippen LogP contribution in [0.1, 0.15) is 19.4 Å². The van der Waals surface area contributed by atoms with Crippen molar-refractivity contribution in [2.45, 2.75) is 27.0 Å². The first kappa shape index (κ1) is 14.2. The second kappa shape index (κ2) is 6.84. The van der Waals surface area contributed by atoms with E-state index in [-0.39, 0.29) is 0 Å². The lowest BCUT2D eigenvalue weighted by molar-refractivity contribution is 0.285. The molecule has 20 heavy (non-hydrogen) atoms. The third kappa shape index (κ3) is 3.44. The summed E-state index contributed by atoms with van der Waals surface area (Å²) < 4.78 is 18.4. The first-order valence-corrected chi connectivity index (χ1v) is 6.71. The van der Waals surface area contributed by atoms with E-state index in [1.54, 1.807) is 13.3 Å². The van der Waals surface area contributed by atoms with Crippen LogP contribution in [0.3, 0.4) is 0 Å². The maximum absolute atomic E-state index is 5.73. The van der Waals surface area contributed by atoms with Crippen LogP contribution >= 0.6 is 0 Å². The van der Waals surface area contributed by atoms with Crippen molar-refractivity contribution in [2.75, 3.05) is 13.7 Å². The van der Waals surface area contributed by atoms with Crippen LogP contribution in [0.5, 0.6) is 17.2 Å². The lowest BCUT2D eigenvalue weighted by atomic mass is 10.2. The van der Waals surface area contributed by atoms with Gasteiger partial charge in [0.25, 0.3) is 0 Å². The minimum Gasteiger partial charge on any atom is -0.497 e. The Labute approximate surface area is 119 Å². The van der Waals surface area contributed by atoms with Crippen molar-refractivity contribution in [1.82, 2.24) is 9.78 Å². The van der Waals surface area contributed by atoms with Gasteiger partial charge in [-0.1, -0.05) is 0 Å². The van der Waals surface area contributed by atoms with Crippen molar-refractivity contribution in [1.29, 1.82) is 0 Å². The molecule has 108 valence electrons. The van der Waals surface area contributed by atoms with Gasteiger partial charge in [-0.05, 0) is 26.0 Å². The van der Waals surface area contributed by atoms with E-state index in [1.165, 1.54) is 0 Å². The predicted molar refractivity (Wildman–Crippen MR) is 76.4 cm³/mol. The second-order valence-corrected chi connectivity index (χ2v) is 4.23. The highest BCUT2D eigenvalue weighted by atomic mass is 16.5. The molecule has 0 radical (unpaired) electrons. The number of aromatic nitrogens is 2. The number of methoxy groups -OCH3 is 1. The third-order valence-electron chi connectivity index (χ3n) is 2.90. The van der Waals surface area contributed by atoms with Crippen LogP contribution in [0.2, 0.25) is 0 Å². The van der Waals surface area contributed by atoms with Crippen molar-refractivity contribution in [3.8, 4) is 17.2 Å². The molecule has 0 aliphatic rings. The van der Waals surface area contributed by atoms with Crippen LogP contribution < -0.4 is 14.2 Å². The van der Waals surface area contributed by atoms with Crippen molar-refractivity contribution >= 4 is 0 Å². The highest BCUT2D eigenvalue weighted by molar-refractivity contribution is 5.40. The molecule has 1 heterocycles. The molecule has 0 aliphatic carbocycles. The van der Waals surface area contributed by atoms with E-state index in [2.05, 4.69) is 5.10 Å². The van der Waals surface area contributed by atoms with Crippen LogP contribution in [0.25, 0.3) is 0 Å². The van der Waals surface area contributed by atoms with Crippen LogP contribution in [0, 0.1) is 0 Å². The third-order valence-corrected chi connectivity index (χ3v) is 2.90. The number of rotatable bonds is 7. The van der Waals surface area contributed by atoms with Crippen molar-refractivity contribution < 1.29 is 14.2 Å². The fourth-order valence-corrected chi connectivity index (χ4v) is 1.82. The van der Waals surface area contributed by atoms with Crippen molar-refractivity contribution in [2.24, 2.45) is 0 Å². The monoisotopic (exact) mass is 276 g/mol. The van der Waals surface area contributed by atoms with Crippen molar-refractivity contribution in [3.05, 3.63) is 36.2 Å². The Morgan fingerprint density at radius 2 is 2.00 bits per heavy atom. The molecule has 0 bridgehead atoms. The zero-order valence-electron chi connectivity index (χ0n) is 12.1. The molecule has 5 nitrogen and oxygen atoms in total. The molecular weight excluding hydrogens is 256 g/mol. The number of benzene rings is 1. The molecule has 0 saturated carbocycles. The highest BCUT2D eigenvalue weighted by Gasteiger charge is 2.07. The van der Waals surface area contributed by atoms with Crippen molar-refractivity contribution in [3.63, 3.8) is 0 Å². The fourth-order valence-electron chi connectivity index (χ4n) is 1.82. The van der Waals surface area contributed by atoms with E-state index in [0.29, 0.717) is 13.2 Å². The average Bonchev–Trinajstić information content (AvgIpc) is 2.94. The van der Waals surface area contributed by atoms with E-state index < -0.39 is 0 Å². The molecule has 2 aromatic rings. The van der Waals surface area contributed by atoms with E-state index in [1.807, 2.05) is 42.9 Å². The van der Waals surface area contributed by atoms with Crippen LogP contribution in [-0.2, 0) is 13.2 Å². The standard InChI is InChI=1S/C15H20N2O3/c1-4-17-10-14(9-16-17)20-11-12-6-7-13(18-3)8-15(12)19-5-2/h6-10H,4-5,11H2,1-3H3.